The van der Waals surface area contributed by atoms with E-state index in [1.165, 1.54) is 35.7 Å². The minimum absolute atomic E-state index is 0.00325. The van der Waals surface area contributed by atoms with Crippen LogP contribution in [0, 0.1) is 6.92 Å². The summed E-state index contributed by atoms with van der Waals surface area (Å²) in [6.07, 6.45) is 0. The zero-order chi connectivity index (χ0) is 20.9. The van der Waals surface area contributed by atoms with Gasteiger partial charge in [0.15, 0.2) is 0 Å². The van der Waals surface area contributed by atoms with Crippen molar-refractivity contribution >= 4 is 22.0 Å². The van der Waals surface area contributed by atoms with Crippen molar-refractivity contribution in [2.75, 3.05) is 20.2 Å². The lowest BCUT2D eigenvalue weighted by Gasteiger charge is -2.20. The van der Waals surface area contributed by atoms with Gasteiger partial charge < -0.3 is 13.9 Å². The molecule has 8 nitrogen and oxygen atoms in total. The minimum atomic E-state index is -3.71. The molecule has 0 aliphatic rings. The molecule has 1 heterocycles. The van der Waals surface area contributed by atoms with E-state index in [2.05, 4.69) is 4.74 Å². The molecule has 0 aliphatic carbocycles. The number of hydrogen-bond acceptors (Lipinski definition) is 7. The first-order valence-corrected chi connectivity index (χ1v) is 10.1. The van der Waals surface area contributed by atoms with Crippen molar-refractivity contribution in [1.29, 1.82) is 0 Å². The predicted octanol–water partition coefficient (Wildman–Crippen LogP) is 2.76. The molecule has 0 aliphatic heterocycles. The summed E-state index contributed by atoms with van der Waals surface area (Å²) in [5.74, 6) is -1.08. The normalized spacial score (nSPS) is 11.5. The van der Waals surface area contributed by atoms with Gasteiger partial charge in [0.05, 0.1) is 17.6 Å². The number of hydrogen-bond donors (Lipinski definition) is 0. The van der Waals surface area contributed by atoms with Crippen LogP contribution in [0.2, 0.25) is 0 Å². The molecule has 1 aromatic heterocycles. The van der Waals surface area contributed by atoms with E-state index in [4.69, 9.17) is 9.15 Å². The van der Waals surface area contributed by atoms with Gasteiger partial charge >= 0.3 is 11.9 Å². The lowest BCUT2D eigenvalue weighted by molar-refractivity contribution is 0.0438. The summed E-state index contributed by atoms with van der Waals surface area (Å²) in [6.45, 7) is 5.62. The van der Waals surface area contributed by atoms with Gasteiger partial charge in [-0.05, 0) is 36.8 Å². The fourth-order valence-electron chi connectivity index (χ4n) is 2.59. The first-order valence-electron chi connectivity index (χ1n) is 8.69. The first-order chi connectivity index (χ1) is 13.2. The van der Waals surface area contributed by atoms with Crippen LogP contribution in [0.3, 0.4) is 0 Å². The summed E-state index contributed by atoms with van der Waals surface area (Å²) in [6, 6.07) is 7.28. The van der Waals surface area contributed by atoms with Crippen LogP contribution < -0.4 is 0 Å². The van der Waals surface area contributed by atoms with Crippen LogP contribution in [-0.4, -0.2) is 44.9 Å². The van der Waals surface area contributed by atoms with E-state index in [1.807, 2.05) is 0 Å². The highest BCUT2D eigenvalue weighted by Gasteiger charge is 2.25. The molecule has 0 saturated carbocycles. The number of carbonyl (C=O) groups is 2. The SMILES string of the molecule is CCN(CC)S(=O)(=O)c1cc(C(=O)OCc2ccc(C(=O)OC)o2)ccc1C. The molecular weight excluding hydrogens is 386 g/mol. The number of furan rings is 1. The van der Waals surface area contributed by atoms with Gasteiger partial charge in [-0.1, -0.05) is 19.9 Å². The zero-order valence-electron chi connectivity index (χ0n) is 16.2. The van der Waals surface area contributed by atoms with Gasteiger partial charge in [0.2, 0.25) is 15.8 Å². The molecule has 0 fully saturated rings. The van der Waals surface area contributed by atoms with E-state index in [-0.39, 0.29) is 28.6 Å². The van der Waals surface area contributed by atoms with E-state index < -0.39 is 22.0 Å². The molecule has 0 bridgehead atoms. The largest absolute Gasteiger partial charge is 0.463 e. The van der Waals surface area contributed by atoms with E-state index >= 15 is 0 Å². The monoisotopic (exact) mass is 409 g/mol. The summed E-state index contributed by atoms with van der Waals surface area (Å²) < 4.78 is 41.8. The van der Waals surface area contributed by atoms with Crippen molar-refractivity contribution < 1.29 is 31.9 Å². The summed E-state index contributed by atoms with van der Waals surface area (Å²) >= 11 is 0. The van der Waals surface area contributed by atoms with Gasteiger partial charge in [-0.25, -0.2) is 18.0 Å². The highest BCUT2D eigenvalue weighted by Crippen LogP contribution is 2.22. The van der Waals surface area contributed by atoms with Gasteiger partial charge in [-0.15, -0.1) is 0 Å². The Balaban J connectivity index is 2.18. The highest BCUT2D eigenvalue weighted by atomic mass is 32.2. The fourth-order valence-corrected chi connectivity index (χ4v) is 4.30. The van der Waals surface area contributed by atoms with Crippen LogP contribution in [0.1, 0.15) is 46.1 Å². The van der Waals surface area contributed by atoms with Crippen LogP contribution in [0.4, 0.5) is 0 Å². The zero-order valence-corrected chi connectivity index (χ0v) is 17.0. The fraction of sp³-hybridized carbons (Fsp3) is 0.368. The maximum Gasteiger partial charge on any atom is 0.373 e. The van der Waals surface area contributed by atoms with Crippen molar-refractivity contribution in [2.24, 2.45) is 0 Å². The Labute approximate surface area is 164 Å². The molecule has 152 valence electrons. The standard InChI is InChI=1S/C19H23NO7S/c1-5-20(6-2)28(23,24)17-11-14(8-7-13(17)3)18(21)26-12-15-9-10-16(27-15)19(22)25-4/h7-11H,5-6,12H2,1-4H3. The van der Waals surface area contributed by atoms with Crippen molar-refractivity contribution in [3.05, 3.63) is 53.0 Å². The number of esters is 2. The first kappa shape index (κ1) is 21.6. The third-order valence-corrected chi connectivity index (χ3v) is 6.33. The lowest BCUT2D eigenvalue weighted by Crippen LogP contribution is -2.31. The van der Waals surface area contributed by atoms with Crippen LogP contribution >= 0.6 is 0 Å². The molecule has 0 unspecified atom stereocenters. The number of sulfonamides is 1. The Kier molecular flexibility index (Phi) is 6.98. The Morgan fingerprint density at radius 2 is 1.75 bits per heavy atom. The molecule has 0 saturated heterocycles. The second-order valence-electron chi connectivity index (χ2n) is 5.90. The third kappa shape index (κ3) is 4.60. The number of rotatable bonds is 8. The van der Waals surface area contributed by atoms with Crippen molar-refractivity contribution in [2.45, 2.75) is 32.3 Å². The molecule has 9 heteroatoms. The van der Waals surface area contributed by atoms with Crippen molar-refractivity contribution in [3.8, 4) is 0 Å². The molecule has 2 rings (SSSR count). The maximum atomic E-state index is 12.8. The molecule has 28 heavy (non-hydrogen) atoms. The van der Waals surface area contributed by atoms with Crippen molar-refractivity contribution in [1.82, 2.24) is 4.31 Å². The molecule has 0 atom stereocenters. The third-order valence-electron chi connectivity index (χ3n) is 4.14. The van der Waals surface area contributed by atoms with Gasteiger partial charge in [-0.2, -0.15) is 4.31 Å². The molecule has 1 aromatic carbocycles. The van der Waals surface area contributed by atoms with Gasteiger partial charge in [0.1, 0.15) is 12.4 Å². The Morgan fingerprint density at radius 1 is 1.07 bits per heavy atom. The van der Waals surface area contributed by atoms with Gasteiger partial charge in [-0.3, -0.25) is 0 Å². The number of aryl methyl sites for hydroxylation is 1. The summed E-state index contributed by atoms with van der Waals surface area (Å²) in [4.78, 5) is 23.8. The van der Waals surface area contributed by atoms with E-state index in [9.17, 15) is 18.0 Å². The van der Waals surface area contributed by atoms with Crippen LogP contribution in [0.25, 0.3) is 0 Å². The van der Waals surface area contributed by atoms with E-state index in [0.717, 1.165) is 0 Å². The Morgan fingerprint density at radius 3 is 2.36 bits per heavy atom. The Bertz CT molecular complexity index is 958. The molecule has 0 amide bonds. The van der Waals surface area contributed by atoms with E-state index in [1.54, 1.807) is 26.8 Å². The summed E-state index contributed by atoms with van der Waals surface area (Å²) in [5.41, 5.74) is 0.647. The molecule has 2 aromatic rings. The van der Waals surface area contributed by atoms with Gasteiger partial charge in [0.25, 0.3) is 0 Å². The molecule has 0 radical (unpaired) electrons. The number of ether oxygens (including phenoxy) is 2. The Hall–Kier alpha value is -2.65. The smallest absolute Gasteiger partial charge is 0.373 e. The number of nitrogens with zero attached hydrogens (tertiary/aromatic N) is 1. The van der Waals surface area contributed by atoms with Crippen LogP contribution in [0.5, 0.6) is 0 Å². The highest BCUT2D eigenvalue weighted by molar-refractivity contribution is 7.89. The average molecular weight is 409 g/mol. The number of benzene rings is 1. The molecule has 0 spiro atoms. The summed E-state index contributed by atoms with van der Waals surface area (Å²) in [5, 5.41) is 0. The van der Waals surface area contributed by atoms with Crippen molar-refractivity contribution in [3.63, 3.8) is 0 Å². The summed E-state index contributed by atoms with van der Waals surface area (Å²) in [7, 11) is -2.48. The second kappa shape index (κ2) is 9.03. The minimum Gasteiger partial charge on any atom is -0.463 e. The predicted molar refractivity (Wildman–Crippen MR) is 100 cm³/mol. The number of methoxy groups -OCH3 is 1. The molecule has 0 N–H and O–H groups in total. The van der Waals surface area contributed by atoms with E-state index in [0.29, 0.717) is 18.7 Å². The maximum absolute atomic E-state index is 12.8. The van der Waals surface area contributed by atoms with Gasteiger partial charge in [0, 0.05) is 13.1 Å². The molecular formula is C19H23NO7S. The topological polar surface area (TPSA) is 103 Å². The van der Waals surface area contributed by atoms with Crippen LogP contribution in [-0.2, 0) is 26.1 Å². The second-order valence-corrected chi connectivity index (χ2v) is 7.81. The average Bonchev–Trinajstić information content (AvgIpc) is 3.15. The quantitative estimate of drug-likeness (QED) is 0.618. The van der Waals surface area contributed by atoms with Crippen LogP contribution in [0.15, 0.2) is 39.6 Å². The lowest BCUT2D eigenvalue weighted by atomic mass is 10.1. The number of carbonyl (C=O) groups excluding carboxylic acids is 2.